The second-order valence-electron chi connectivity index (χ2n) is 4.23. The number of nitrogens with zero attached hydrogens (tertiary/aromatic N) is 3. The van der Waals surface area contributed by atoms with Crippen molar-refractivity contribution < 1.29 is 9.18 Å². The molecule has 6 nitrogen and oxygen atoms in total. The number of anilines is 1. The van der Waals surface area contributed by atoms with Crippen molar-refractivity contribution in [2.45, 2.75) is 0 Å². The molecular formula is C13H10FN5O. The fraction of sp³-hybridized carbons (Fsp3) is 0. The summed E-state index contributed by atoms with van der Waals surface area (Å²) >= 11 is 0. The van der Waals surface area contributed by atoms with E-state index >= 15 is 0 Å². The number of amides is 1. The van der Waals surface area contributed by atoms with Crippen LogP contribution in [0.4, 0.5) is 10.1 Å². The number of rotatable bonds is 2. The molecule has 0 aliphatic carbocycles. The van der Waals surface area contributed by atoms with Gasteiger partial charge in [0.15, 0.2) is 5.82 Å². The van der Waals surface area contributed by atoms with Gasteiger partial charge in [-0.05, 0) is 18.2 Å². The lowest BCUT2D eigenvalue weighted by Gasteiger charge is -2.09. The molecule has 0 saturated heterocycles. The van der Waals surface area contributed by atoms with Crippen molar-refractivity contribution in [2.24, 2.45) is 5.73 Å². The number of nitrogens with two attached hydrogens (primary N) is 2. The van der Waals surface area contributed by atoms with Crippen LogP contribution in [0.3, 0.4) is 0 Å². The molecule has 100 valence electrons. The summed E-state index contributed by atoms with van der Waals surface area (Å²) in [6.07, 6.45) is 4.15. The largest absolute Gasteiger partial charge is 0.398 e. The molecule has 3 rings (SSSR count). The second kappa shape index (κ2) is 4.30. The maximum Gasteiger partial charge on any atom is 0.251 e. The highest BCUT2D eigenvalue weighted by molar-refractivity contribution is 5.96. The lowest BCUT2D eigenvalue weighted by Crippen LogP contribution is -2.09. The zero-order valence-electron chi connectivity index (χ0n) is 10.2. The maximum atomic E-state index is 14.2. The fourth-order valence-electron chi connectivity index (χ4n) is 2.01. The van der Waals surface area contributed by atoms with Gasteiger partial charge in [-0.1, -0.05) is 0 Å². The van der Waals surface area contributed by atoms with Gasteiger partial charge in [-0.3, -0.25) is 9.78 Å². The number of nitrogen functional groups attached to an aromatic ring is 1. The van der Waals surface area contributed by atoms with Crippen LogP contribution in [0, 0.1) is 5.82 Å². The Labute approximate surface area is 112 Å². The molecule has 0 unspecified atom stereocenters. The van der Waals surface area contributed by atoms with Gasteiger partial charge in [-0.2, -0.15) is 5.10 Å². The number of primary amides is 1. The highest BCUT2D eigenvalue weighted by Crippen LogP contribution is 2.28. The van der Waals surface area contributed by atoms with Crippen molar-refractivity contribution in [3.63, 3.8) is 0 Å². The molecular weight excluding hydrogens is 261 g/mol. The number of aromatic nitrogens is 3. The van der Waals surface area contributed by atoms with Gasteiger partial charge in [0.1, 0.15) is 11.2 Å². The summed E-state index contributed by atoms with van der Waals surface area (Å²) in [5.74, 6) is -1.21. The van der Waals surface area contributed by atoms with Crippen LogP contribution >= 0.6 is 0 Å². The molecule has 0 spiro atoms. The van der Waals surface area contributed by atoms with Gasteiger partial charge in [0.05, 0.1) is 11.8 Å². The number of halogens is 1. The van der Waals surface area contributed by atoms with Crippen molar-refractivity contribution in [1.82, 2.24) is 14.8 Å². The molecule has 0 bridgehead atoms. The zero-order valence-corrected chi connectivity index (χ0v) is 10.2. The van der Waals surface area contributed by atoms with Gasteiger partial charge in [0, 0.05) is 23.5 Å². The van der Waals surface area contributed by atoms with Crippen LogP contribution in [0.5, 0.6) is 0 Å². The molecule has 0 aliphatic heterocycles. The lowest BCUT2D eigenvalue weighted by molar-refractivity contribution is 0.100. The first-order chi connectivity index (χ1) is 9.58. The van der Waals surface area contributed by atoms with Gasteiger partial charge < -0.3 is 11.5 Å². The smallest absolute Gasteiger partial charge is 0.251 e. The predicted molar refractivity (Wildman–Crippen MR) is 71.8 cm³/mol. The lowest BCUT2D eigenvalue weighted by atomic mass is 10.1. The normalized spacial score (nSPS) is 10.8. The van der Waals surface area contributed by atoms with Gasteiger partial charge in [-0.25, -0.2) is 9.07 Å². The van der Waals surface area contributed by atoms with Crippen LogP contribution < -0.4 is 11.5 Å². The Morgan fingerprint density at radius 1 is 1.40 bits per heavy atom. The standard InChI is InChI=1S/C13H10FN5O/c14-9-4-10(15)8-2-1-3-17-11(8)12(9)19-6-7(5-18-19)13(16)20/h1-6H,15H2,(H2,16,20). The molecule has 7 heteroatoms. The van der Waals surface area contributed by atoms with Crippen molar-refractivity contribution in [1.29, 1.82) is 0 Å². The van der Waals surface area contributed by atoms with Crippen LogP contribution in [-0.2, 0) is 0 Å². The molecule has 2 aromatic heterocycles. The highest BCUT2D eigenvalue weighted by atomic mass is 19.1. The number of hydrogen-bond donors (Lipinski definition) is 2. The number of carbonyl (C=O) groups is 1. The Hall–Kier alpha value is -2.96. The second-order valence-corrected chi connectivity index (χ2v) is 4.23. The topological polar surface area (TPSA) is 99.8 Å². The Morgan fingerprint density at radius 3 is 2.90 bits per heavy atom. The van der Waals surface area contributed by atoms with E-state index in [-0.39, 0.29) is 16.9 Å². The first-order valence-electron chi connectivity index (χ1n) is 5.75. The molecule has 0 aliphatic rings. The minimum absolute atomic E-state index is 0.127. The van der Waals surface area contributed by atoms with E-state index in [4.69, 9.17) is 11.5 Å². The number of carbonyl (C=O) groups excluding carboxylic acids is 1. The first kappa shape index (κ1) is 12.1. The van der Waals surface area contributed by atoms with E-state index in [9.17, 15) is 9.18 Å². The summed E-state index contributed by atoms with van der Waals surface area (Å²) in [5, 5.41) is 4.55. The Kier molecular flexibility index (Phi) is 2.60. The average Bonchev–Trinajstić information content (AvgIpc) is 2.88. The van der Waals surface area contributed by atoms with Crippen LogP contribution in [0.15, 0.2) is 36.8 Å². The molecule has 1 aromatic carbocycles. The Morgan fingerprint density at radius 2 is 2.20 bits per heavy atom. The Bertz CT molecular complexity index is 827. The van der Waals surface area contributed by atoms with E-state index in [0.29, 0.717) is 10.9 Å². The van der Waals surface area contributed by atoms with Crippen molar-refractivity contribution in [2.75, 3.05) is 5.73 Å². The molecule has 0 radical (unpaired) electrons. The summed E-state index contributed by atoms with van der Waals surface area (Å²) in [7, 11) is 0. The van der Waals surface area contributed by atoms with Gasteiger partial charge in [0.25, 0.3) is 5.91 Å². The monoisotopic (exact) mass is 271 g/mol. The van der Waals surface area contributed by atoms with Gasteiger partial charge in [-0.15, -0.1) is 0 Å². The van der Waals surface area contributed by atoms with E-state index in [1.807, 2.05) is 0 Å². The van der Waals surface area contributed by atoms with E-state index in [1.165, 1.54) is 29.3 Å². The Balaban J connectivity index is 2.32. The molecule has 20 heavy (non-hydrogen) atoms. The van der Waals surface area contributed by atoms with E-state index in [2.05, 4.69) is 10.1 Å². The molecule has 1 amide bonds. The third-order valence-electron chi connectivity index (χ3n) is 2.95. The van der Waals surface area contributed by atoms with Crippen LogP contribution in [0.25, 0.3) is 16.6 Å². The van der Waals surface area contributed by atoms with Crippen molar-refractivity contribution in [3.05, 3.63) is 48.2 Å². The number of benzene rings is 1. The van der Waals surface area contributed by atoms with Crippen LogP contribution in [0.2, 0.25) is 0 Å². The molecule has 4 N–H and O–H groups in total. The maximum absolute atomic E-state index is 14.2. The minimum atomic E-state index is -0.635. The fourth-order valence-corrected chi connectivity index (χ4v) is 2.01. The van der Waals surface area contributed by atoms with E-state index in [0.717, 1.165) is 0 Å². The highest BCUT2D eigenvalue weighted by Gasteiger charge is 2.15. The number of hydrogen-bond acceptors (Lipinski definition) is 4. The minimum Gasteiger partial charge on any atom is -0.398 e. The molecule has 2 heterocycles. The third kappa shape index (κ3) is 1.76. The number of pyridine rings is 1. The predicted octanol–water partition coefficient (Wildman–Crippen LogP) is 1.24. The molecule has 0 atom stereocenters. The summed E-state index contributed by atoms with van der Waals surface area (Å²) in [6.45, 7) is 0. The SMILES string of the molecule is NC(=O)c1cnn(-c2c(F)cc(N)c3cccnc23)c1. The first-order valence-corrected chi connectivity index (χ1v) is 5.75. The van der Waals surface area contributed by atoms with Crippen molar-refractivity contribution in [3.8, 4) is 5.69 Å². The quantitative estimate of drug-likeness (QED) is 0.685. The molecule has 0 saturated carbocycles. The van der Waals surface area contributed by atoms with E-state index < -0.39 is 11.7 Å². The van der Waals surface area contributed by atoms with Gasteiger partial charge >= 0.3 is 0 Å². The third-order valence-corrected chi connectivity index (χ3v) is 2.95. The van der Waals surface area contributed by atoms with Crippen LogP contribution in [-0.4, -0.2) is 20.7 Å². The number of fused-ring (bicyclic) bond motifs is 1. The van der Waals surface area contributed by atoms with Crippen molar-refractivity contribution >= 4 is 22.5 Å². The molecule has 3 aromatic rings. The summed E-state index contributed by atoms with van der Waals surface area (Å²) in [5.41, 5.74) is 11.9. The molecule has 0 fully saturated rings. The average molecular weight is 271 g/mol. The van der Waals surface area contributed by atoms with Gasteiger partial charge in [0.2, 0.25) is 0 Å². The summed E-state index contributed by atoms with van der Waals surface area (Å²) in [6, 6.07) is 4.64. The van der Waals surface area contributed by atoms with E-state index in [1.54, 1.807) is 12.1 Å². The van der Waals surface area contributed by atoms with Crippen LogP contribution in [0.1, 0.15) is 10.4 Å². The summed E-state index contributed by atoms with van der Waals surface area (Å²) < 4.78 is 15.4. The zero-order chi connectivity index (χ0) is 14.3. The summed E-state index contributed by atoms with van der Waals surface area (Å²) in [4.78, 5) is 15.2.